The Morgan fingerprint density at radius 2 is 1.95 bits per heavy atom. The number of ether oxygens (including phenoxy) is 1. The van der Waals surface area contributed by atoms with E-state index in [1.165, 1.54) is 0 Å². The van der Waals surface area contributed by atoms with Crippen molar-refractivity contribution < 1.29 is 4.74 Å². The molecule has 0 amide bonds. The van der Waals surface area contributed by atoms with Crippen LogP contribution in [0.1, 0.15) is 11.1 Å². The molecule has 0 unspecified atom stereocenters. The lowest BCUT2D eigenvalue weighted by Crippen LogP contribution is -2.09. The third-order valence-electron chi connectivity index (χ3n) is 2.90. The van der Waals surface area contributed by atoms with E-state index < -0.39 is 0 Å². The highest BCUT2D eigenvalue weighted by Crippen LogP contribution is 2.24. The van der Waals surface area contributed by atoms with Gasteiger partial charge in [-0.1, -0.05) is 36.0 Å². The van der Waals surface area contributed by atoms with Crippen LogP contribution in [-0.2, 0) is 6.54 Å². The molecule has 2 rings (SSSR count). The summed E-state index contributed by atoms with van der Waals surface area (Å²) in [7, 11) is 1.65. The predicted molar refractivity (Wildman–Crippen MR) is 87.7 cm³/mol. The van der Waals surface area contributed by atoms with Gasteiger partial charge >= 0.3 is 0 Å². The van der Waals surface area contributed by atoms with Crippen molar-refractivity contribution in [1.29, 1.82) is 0 Å². The third kappa shape index (κ3) is 3.62. The molecular formula is C15H15ClN2OS. The fraction of sp³-hybridized carbons (Fsp3) is 0.133. The van der Waals surface area contributed by atoms with Crippen molar-refractivity contribution in [2.45, 2.75) is 6.54 Å². The van der Waals surface area contributed by atoms with Crippen molar-refractivity contribution in [2.75, 3.05) is 12.4 Å². The molecule has 104 valence electrons. The Balaban J connectivity index is 2.04. The minimum atomic E-state index is 0.341. The minimum absolute atomic E-state index is 0.341. The van der Waals surface area contributed by atoms with Gasteiger partial charge in [0.05, 0.1) is 17.8 Å². The molecule has 0 radical (unpaired) electrons. The fourth-order valence-electron chi connectivity index (χ4n) is 1.75. The first-order valence-corrected chi connectivity index (χ1v) is 6.85. The first kappa shape index (κ1) is 14.6. The van der Waals surface area contributed by atoms with Crippen molar-refractivity contribution in [3.8, 4) is 5.75 Å². The number of methoxy groups -OCH3 is 1. The van der Waals surface area contributed by atoms with Crippen LogP contribution in [0, 0.1) is 0 Å². The molecule has 2 aromatic carbocycles. The zero-order valence-electron chi connectivity index (χ0n) is 11.0. The van der Waals surface area contributed by atoms with Gasteiger partial charge in [-0.25, -0.2) is 0 Å². The lowest BCUT2D eigenvalue weighted by molar-refractivity contribution is 0.414. The summed E-state index contributed by atoms with van der Waals surface area (Å²) in [6.07, 6.45) is 0. The van der Waals surface area contributed by atoms with Crippen LogP contribution in [-0.4, -0.2) is 12.1 Å². The second-order valence-corrected chi connectivity index (χ2v) is 5.11. The largest absolute Gasteiger partial charge is 0.497 e. The van der Waals surface area contributed by atoms with Crippen LogP contribution in [0.3, 0.4) is 0 Å². The van der Waals surface area contributed by atoms with Crippen LogP contribution in [0.4, 0.5) is 5.69 Å². The summed E-state index contributed by atoms with van der Waals surface area (Å²) >= 11 is 11.1. The molecule has 5 heteroatoms. The monoisotopic (exact) mass is 306 g/mol. The summed E-state index contributed by atoms with van der Waals surface area (Å²) < 4.78 is 5.12. The van der Waals surface area contributed by atoms with Crippen LogP contribution < -0.4 is 15.8 Å². The van der Waals surface area contributed by atoms with Crippen molar-refractivity contribution in [3.05, 3.63) is 58.6 Å². The van der Waals surface area contributed by atoms with Gasteiger partial charge in [0, 0.05) is 12.1 Å². The quantitative estimate of drug-likeness (QED) is 0.829. The first-order chi connectivity index (χ1) is 9.60. The number of rotatable bonds is 5. The number of anilines is 1. The summed E-state index contributed by atoms with van der Waals surface area (Å²) in [5.74, 6) is 0.840. The third-order valence-corrected chi connectivity index (χ3v) is 3.44. The van der Waals surface area contributed by atoms with E-state index in [-0.39, 0.29) is 0 Å². The molecular weight excluding hydrogens is 292 g/mol. The van der Waals surface area contributed by atoms with Gasteiger partial charge in [-0.15, -0.1) is 0 Å². The standard InChI is InChI=1S/C15H15ClN2OS/c1-19-12-5-2-10(3-6-12)9-18-14-7-4-11(15(17)20)8-13(14)16/h2-8,18H,9H2,1H3,(H2,17,20). The number of hydrogen-bond donors (Lipinski definition) is 2. The van der Waals surface area contributed by atoms with Crippen molar-refractivity contribution in [2.24, 2.45) is 5.73 Å². The Kier molecular flexibility index (Phi) is 4.82. The summed E-state index contributed by atoms with van der Waals surface area (Å²) in [5, 5.41) is 3.88. The Morgan fingerprint density at radius 3 is 2.50 bits per heavy atom. The number of nitrogens with two attached hydrogens (primary N) is 1. The molecule has 0 spiro atoms. The van der Waals surface area contributed by atoms with Crippen molar-refractivity contribution in [1.82, 2.24) is 0 Å². The molecule has 0 saturated heterocycles. The smallest absolute Gasteiger partial charge is 0.118 e. The van der Waals surface area contributed by atoms with E-state index in [1.54, 1.807) is 13.2 Å². The molecule has 0 bridgehead atoms. The van der Waals surface area contributed by atoms with Gasteiger partial charge in [0.25, 0.3) is 0 Å². The predicted octanol–water partition coefficient (Wildman–Crippen LogP) is 3.59. The Labute approximate surface area is 128 Å². The second-order valence-electron chi connectivity index (χ2n) is 4.26. The lowest BCUT2D eigenvalue weighted by atomic mass is 10.2. The van der Waals surface area contributed by atoms with Crippen LogP contribution in [0.5, 0.6) is 5.75 Å². The van der Waals surface area contributed by atoms with Gasteiger partial charge in [-0.05, 0) is 35.9 Å². The van der Waals surface area contributed by atoms with Crippen molar-refractivity contribution >= 4 is 34.5 Å². The maximum absolute atomic E-state index is 6.19. The van der Waals surface area contributed by atoms with Crippen molar-refractivity contribution in [3.63, 3.8) is 0 Å². The zero-order chi connectivity index (χ0) is 14.5. The SMILES string of the molecule is COc1ccc(CNc2ccc(C(N)=S)cc2Cl)cc1. The highest BCUT2D eigenvalue weighted by Gasteiger charge is 2.03. The number of thiocarbonyl (C=S) groups is 1. The molecule has 3 nitrogen and oxygen atoms in total. The van der Waals surface area contributed by atoms with Gasteiger partial charge in [0.15, 0.2) is 0 Å². The normalized spacial score (nSPS) is 10.1. The second kappa shape index (κ2) is 6.59. The highest BCUT2D eigenvalue weighted by molar-refractivity contribution is 7.80. The average molecular weight is 307 g/mol. The summed E-state index contributed by atoms with van der Waals surface area (Å²) in [6.45, 7) is 0.677. The molecule has 0 heterocycles. The van der Waals surface area contributed by atoms with Gasteiger partial charge in [0.1, 0.15) is 10.7 Å². The van der Waals surface area contributed by atoms with E-state index in [0.717, 1.165) is 22.6 Å². The topological polar surface area (TPSA) is 47.3 Å². The van der Waals surface area contributed by atoms with E-state index in [0.29, 0.717) is 16.6 Å². The molecule has 0 aromatic heterocycles. The van der Waals surface area contributed by atoms with Crippen LogP contribution in [0.2, 0.25) is 5.02 Å². The van der Waals surface area contributed by atoms with Crippen LogP contribution >= 0.6 is 23.8 Å². The number of halogens is 1. The highest BCUT2D eigenvalue weighted by atomic mass is 35.5. The van der Waals surface area contributed by atoms with E-state index in [1.807, 2.05) is 36.4 Å². The lowest BCUT2D eigenvalue weighted by Gasteiger charge is -2.10. The minimum Gasteiger partial charge on any atom is -0.497 e. The molecule has 0 aliphatic carbocycles. The number of hydrogen-bond acceptors (Lipinski definition) is 3. The molecule has 0 fully saturated rings. The first-order valence-electron chi connectivity index (χ1n) is 6.06. The molecule has 20 heavy (non-hydrogen) atoms. The van der Waals surface area contributed by atoms with Gasteiger partial charge < -0.3 is 15.8 Å². The molecule has 0 atom stereocenters. The van der Waals surface area contributed by atoms with E-state index in [2.05, 4.69) is 5.32 Å². The maximum atomic E-state index is 6.19. The molecule has 0 aliphatic rings. The Bertz CT molecular complexity index is 614. The summed E-state index contributed by atoms with van der Waals surface area (Å²) in [5.41, 5.74) is 8.32. The van der Waals surface area contributed by atoms with Gasteiger partial charge in [0.2, 0.25) is 0 Å². The van der Waals surface area contributed by atoms with E-state index >= 15 is 0 Å². The maximum Gasteiger partial charge on any atom is 0.118 e. The number of nitrogens with one attached hydrogen (secondary N) is 1. The van der Waals surface area contributed by atoms with Crippen LogP contribution in [0.15, 0.2) is 42.5 Å². The summed E-state index contributed by atoms with van der Waals surface area (Å²) in [6, 6.07) is 13.3. The Morgan fingerprint density at radius 1 is 1.25 bits per heavy atom. The van der Waals surface area contributed by atoms with Crippen LogP contribution in [0.25, 0.3) is 0 Å². The summed E-state index contributed by atoms with van der Waals surface area (Å²) in [4.78, 5) is 0.341. The van der Waals surface area contributed by atoms with Gasteiger partial charge in [-0.3, -0.25) is 0 Å². The molecule has 0 aliphatic heterocycles. The number of benzene rings is 2. The molecule has 2 aromatic rings. The van der Waals surface area contributed by atoms with Gasteiger partial charge in [-0.2, -0.15) is 0 Å². The van der Waals surface area contributed by atoms with E-state index in [4.69, 9.17) is 34.3 Å². The molecule has 3 N–H and O–H groups in total. The Hall–Kier alpha value is -1.78. The fourth-order valence-corrected chi connectivity index (χ4v) is 2.13. The van der Waals surface area contributed by atoms with E-state index in [9.17, 15) is 0 Å². The molecule has 0 saturated carbocycles. The zero-order valence-corrected chi connectivity index (χ0v) is 12.6. The average Bonchev–Trinajstić information content (AvgIpc) is 2.46.